The molecule has 1 saturated heterocycles. The summed E-state index contributed by atoms with van der Waals surface area (Å²) < 4.78 is 40.4. The number of aliphatic carboxylic acids is 1. The quantitative estimate of drug-likeness (QED) is 0.778. The van der Waals surface area contributed by atoms with E-state index in [1.165, 1.54) is 18.1 Å². The molecule has 1 aliphatic heterocycles. The van der Waals surface area contributed by atoms with Gasteiger partial charge in [-0.3, -0.25) is 9.59 Å². The summed E-state index contributed by atoms with van der Waals surface area (Å²) in [5.41, 5.74) is -0.0570. The number of nitrogens with zero attached hydrogens (tertiary/aromatic N) is 1. The van der Waals surface area contributed by atoms with Gasteiger partial charge in [0.1, 0.15) is 5.75 Å². The van der Waals surface area contributed by atoms with Crippen LogP contribution < -0.4 is 4.74 Å². The standard InChI is InChI=1S/C15H18FNO6S/c1-23-13-6-5-11(24(16,21)22)9-12(13)15(20)17-8-2-3-10(17)4-7-14(18)19/h5-6,9-10H,2-4,7-8H2,1H3,(H,18,19)/t10-/m0/s1. The molecule has 1 aromatic rings. The summed E-state index contributed by atoms with van der Waals surface area (Å²) >= 11 is 0. The van der Waals surface area contributed by atoms with Crippen molar-refractivity contribution >= 4 is 22.1 Å². The Balaban J connectivity index is 2.32. The van der Waals surface area contributed by atoms with E-state index in [0.717, 1.165) is 18.6 Å². The van der Waals surface area contributed by atoms with Gasteiger partial charge in [-0.15, -0.1) is 3.89 Å². The van der Waals surface area contributed by atoms with Crippen molar-refractivity contribution in [3.05, 3.63) is 23.8 Å². The molecule has 0 bridgehead atoms. The molecule has 0 spiro atoms. The Labute approximate surface area is 139 Å². The summed E-state index contributed by atoms with van der Waals surface area (Å²) in [6.07, 6.45) is 1.64. The predicted molar refractivity (Wildman–Crippen MR) is 82.2 cm³/mol. The molecule has 1 N–H and O–H groups in total. The average Bonchev–Trinajstić information content (AvgIpc) is 2.99. The van der Waals surface area contributed by atoms with Crippen LogP contribution in [0.25, 0.3) is 0 Å². The lowest BCUT2D eigenvalue weighted by Crippen LogP contribution is -2.36. The summed E-state index contributed by atoms with van der Waals surface area (Å²) in [6, 6.07) is 2.95. The molecular formula is C15H18FNO6S. The molecule has 24 heavy (non-hydrogen) atoms. The Morgan fingerprint density at radius 3 is 2.71 bits per heavy atom. The van der Waals surface area contributed by atoms with Crippen LogP contribution in [0, 0.1) is 0 Å². The maximum atomic E-state index is 13.2. The number of carbonyl (C=O) groups excluding carboxylic acids is 1. The van der Waals surface area contributed by atoms with Crippen LogP contribution in [0.5, 0.6) is 5.75 Å². The molecule has 0 unspecified atom stereocenters. The predicted octanol–water partition coefficient (Wildman–Crippen LogP) is 1.82. The fourth-order valence-electron chi connectivity index (χ4n) is 2.85. The van der Waals surface area contributed by atoms with E-state index in [2.05, 4.69) is 0 Å². The highest BCUT2D eigenvalue weighted by molar-refractivity contribution is 7.86. The van der Waals surface area contributed by atoms with Crippen molar-refractivity contribution in [2.75, 3.05) is 13.7 Å². The van der Waals surface area contributed by atoms with Crippen molar-refractivity contribution in [3.63, 3.8) is 0 Å². The number of rotatable bonds is 6. The van der Waals surface area contributed by atoms with Crippen LogP contribution in [0.3, 0.4) is 0 Å². The lowest BCUT2D eigenvalue weighted by Gasteiger charge is -2.25. The zero-order valence-corrected chi connectivity index (χ0v) is 13.9. The minimum absolute atomic E-state index is 0.0570. The molecule has 2 rings (SSSR count). The van der Waals surface area contributed by atoms with E-state index in [0.29, 0.717) is 19.4 Å². The highest BCUT2D eigenvalue weighted by Crippen LogP contribution is 2.29. The van der Waals surface area contributed by atoms with E-state index in [4.69, 9.17) is 9.84 Å². The first kappa shape index (κ1) is 18.2. The molecule has 1 heterocycles. The van der Waals surface area contributed by atoms with Gasteiger partial charge in [-0.2, -0.15) is 8.42 Å². The van der Waals surface area contributed by atoms with Gasteiger partial charge in [0.2, 0.25) is 0 Å². The minimum Gasteiger partial charge on any atom is -0.496 e. The smallest absolute Gasteiger partial charge is 0.332 e. The molecule has 0 saturated carbocycles. The molecule has 7 nitrogen and oxygen atoms in total. The van der Waals surface area contributed by atoms with E-state index < -0.39 is 27.0 Å². The van der Waals surface area contributed by atoms with Gasteiger partial charge < -0.3 is 14.7 Å². The number of halogens is 1. The van der Waals surface area contributed by atoms with Crippen LogP contribution in [0.2, 0.25) is 0 Å². The van der Waals surface area contributed by atoms with E-state index in [1.807, 2.05) is 0 Å². The van der Waals surface area contributed by atoms with Gasteiger partial charge in [0.05, 0.1) is 17.6 Å². The molecule has 0 aliphatic carbocycles. The van der Waals surface area contributed by atoms with Crippen molar-refractivity contribution in [2.24, 2.45) is 0 Å². The number of carbonyl (C=O) groups is 2. The lowest BCUT2D eigenvalue weighted by molar-refractivity contribution is -0.137. The summed E-state index contributed by atoms with van der Waals surface area (Å²) in [4.78, 5) is 24.3. The molecule has 1 amide bonds. The Kier molecular flexibility index (Phi) is 5.43. The Morgan fingerprint density at radius 2 is 2.12 bits per heavy atom. The van der Waals surface area contributed by atoms with Gasteiger partial charge in [-0.25, -0.2) is 0 Å². The van der Waals surface area contributed by atoms with Crippen LogP contribution in [-0.4, -0.2) is 50.0 Å². The largest absolute Gasteiger partial charge is 0.496 e. The average molecular weight is 359 g/mol. The van der Waals surface area contributed by atoms with E-state index >= 15 is 0 Å². The van der Waals surface area contributed by atoms with Crippen molar-refractivity contribution in [1.82, 2.24) is 4.90 Å². The Hall–Kier alpha value is -2.16. The molecule has 9 heteroatoms. The molecule has 1 aromatic carbocycles. The zero-order chi connectivity index (χ0) is 17.9. The number of hydrogen-bond acceptors (Lipinski definition) is 5. The number of benzene rings is 1. The number of carboxylic acids is 1. The van der Waals surface area contributed by atoms with Crippen molar-refractivity contribution in [1.29, 1.82) is 0 Å². The summed E-state index contributed by atoms with van der Waals surface area (Å²) in [6.45, 7) is 0.429. The second kappa shape index (κ2) is 7.16. The van der Waals surface area contributed by atoms with Crippen molar-refractivity contribution < 1.29 is 31.7 Å². The third kappa shape index (κ3) is 4.02. The third-order valence-corrected chi connectivity index (χ3v) is 4.83. The van der Waals surface area contributed by atoms with Crippen LogP contribution in [0.15, 0.2) is 23.1 Å². The minimum atomic E-state index is -4.95. The van der Waals surface area contributed by atoms with Gasteiger partial charge in [0, 0.05) is 19.0 Å². The maximum Gasteiger partial charge on any atom is 0.332 e. The molecule has 0 radical (unpaired) electrons. The van der Waals surface area contributed by atoms with Crippen LogP contribution in [-0.2, 0) is 15.0 Å². The molecule has 132 valence electrons. The first-order valence-electron chi connectivity index (χ1n) is 7.39. The number of amides is 1. The summed E-state index contributed by atoms with van der Waals surface area (Å²) in [5, 5.41) is 8.79. The monoisotopic (exact) mass is 359 g/mol. The second-order valence-electron chi connectivity index (χ2n) is 5.53. The Bertz CT molecular complexity index is 748. The van der Waals surface area contributed by atoms with Crippen molar-refractivity contribution in [2.45, 2.75) is 36.6 Å². The first-order chi connectivity index (χ1) is 11.2. The molecule has 1 atom stereocenters. The maximum absolute atomic E-state index is 13.2. The van der Waals surface area contributed by atoms with E-state index in [1.54, 1.807) is 0 Å². The van der Waals surface area contributed by atoms with Gasteiger partial charge in [0.15, 0.2) is 0 Å². The number of methoxy groups -OCH3 is 1. The topological polar surface area (TPSA) is 101 Å². The molecule has 1 aliphatic rings. The SMILES string of the molecule is COc1ccc(S(=O)(=O)F)cc1C(=O)N1CCC[C@H]1CCC(=O)O. The Morgan fingerprint density at radius 1 is 1.42 bits per heavy atom. The van der Waals surface area contributed by atoms with E-state index in [9.17, 15) is 21.9 Å². The number of likely N-dealkylation sites (tertiary alicyclic amines) is 1. The fraction of sp³-hybridized carbons (Fsp3) is 0.467. The van der Waals surface area contributed by atoms with Gasteiger partial charge in [-0.1, -0.05) is 0 Å². The van der Waals surface area contributed by atoms with Gasteiger partial charge in [-0.05, 0) is 37.5 Å². The fourth-order valence-corrected chi connectivity index (χ4v) is 3.34. The first-order valence-corrected chi connectivity index (χ1v) is 8.78. The second-order valence-corrected chi connectivity index (χ2v) is 6.87. The van der Waals surface area contributed by atoms with Crippen LogP contribution >= 0.6 is 0 Å². The highest BCUT2D eigenvalue weighted by Gasteiger charge is 2.31. The number of hydrogen-bond donors (Lipinski definition) is 1. The molecular weight excluding hydrogens is 341 g/mol. The third-order valence-electron chi connectivity index (χ3n) is 4.01. The summed E-state index contributed by atoms with van der Waals surface area (Å²) in [5.74, 6) is -1.31. The lowest BCUT2D eigenvalue weighted by atomic mass is 10.1. The summed E-state index contributed by atoms with van der Waals surface area (Å²) in [7, 11) is -3.63. The number of carboxylic acid groups (broad SMARTS) is 1. The molecule has 1 fully saturated rings. The van der Waals surface area contributed by atoms with E-state index in [-0.39, 0.29) is 23.8 Å². The molecule has 0 aromatic heterocycles. The highest BCUT2D eigenvalue weighted by atomic mass is 32.3. The normalized spacial score (nSPS) is 17.8. The van der Waals surface area contributed by atoms with Crippen LogP contribution in [0.1, 0.15) is 36.0 Å². The zero-order valence-electron chi connectivity index (χ0n) is 13.1. The van der Waals surface area contributed by atoms with Crippen LogP contribution in [0.4, 0.5) is 3.89 Å². The van der Waals surface area contributed by atoms with Crippen molar-refractivity contribution in [3.8, 4) is 5.75 Å². The van der Waals surface area contributed by atoms with Gasteiger partial charge >= 0.3 is 16.2 Å². The number of ether oxygens (including phenoxy) is 1. The van der Waals surface area contributed by atoms with Gasteiger partial charge in [0.25, 0.3) is 5.91 Å².